The third-order valence-electron chi connectivity index (χ3n) is 4.05. The predicted octanol–water partition coefficient (Wildman–Crippen LogP) is 2.64. The molecule has 0 saturated heterocycles. The highest BCUT2D eigenvalue weighted by molar-refractivity contribution is 5.92. The monoisotopic (exact) mass is 352 g/mol. The number of carboxylic acids is 1. The molecule has 2 heterocycles. The van der Waals surface area contributed by atoms with Gasteiger partial charge in [-0.3, -0.25) is 14.3 Å². The second kappa shape index (κ2) is 7.69. The van der Waals surface area contributed by atoms with Gasteiger partial charge in [-0.25, -0.2) is 0 Å². The maximum atomic E-state index is 12.4. The molecule has 1 unspecified atom stereocenters. The Hall–Kier alpha value is -3.35. The van der Waals surface area contributed by atoms with Crippen LogP contribution < -0.4 is 5.32 Å². The van der Waals surface area contributed by atoms with Gasteiger partial charge in [-0.1, -0.05) is 12.1 Å². The van der Waals surface area contributed by atoms with E-state index in [2.05, 4.69) is 10.4 Å². The van der Waals surface area contributed by atoms with Crippen LogP contribution in [0.5, 0.6) is 0 Å². The van der Waals surface area contributed by atoms with Gasteiger partial charge in [0, 0.05) is 24.3 Å². The second-order valence-corrected chi connectivity index (χ2v) is 5.99. The average molecular weight is 352 g/mol. The first-order valence-electron chi connectivity index (χ1n) is 8.32. The number of hydrogen-bond donors (Lipinski definition) is 2. The predicted molar refractivity (Wildman–Crippen MR) is 96.1 cm³/mol. The van der Waals surface area contributed by atoms with Crippen LogP contribution in [0.15, 0.2) is 61.1 Å². The molecule has 3 aromatic rings. The first-order chi connectivity index (χ1) is 12.5. The van der Waals surface area contributed by atoms with Crippen LogP contribution in [0, 0.1) is 0 Å². The normalized spacial score (nSPS) is 11.9. The Morgan fingerprint density at radius 1 is 1.15 bits per heavy atom. The summed E-state index contributed by atoms with van der Waals surface area (Å²) in [5, 5.41) is 15.8. The van der Waals surface area contributed by atoms with Crippen molar-refractivity contribution in [3.05, 3.63) is 72.3 Å². The summed E-state index contributed by atoms with van der Waals surface area (Å²) >= 11 is 0. The van der Waals surface area contributed by atoms with E-state index in [-0.39, 0.29) is 30.6 Å². The SMILES string of the molecule is CC(NC(=O)c1ccn(CCC(=O)O)n1)c1cccc(-n2cccc2)c1. The Labute approximate surface area is 150 Å². The van der Waals surface area contributed by atoms with Crippen LogP contribution in [0.4, 0.5) is 0 Å². The fourth-order valence-electron chi connectivity index (χ4n) is 2.63. The third-order valence-corrected chi connectivity index (χ3v) is 4.05. The van der Waals surface area contributed by atoms with Crippen molar-refractivity contribution in [1.82, 2.24) is 19.7 Å². The molecule has 0 fully saturated rings. The van der Waals surface area contributed by atoms with Crippen LogP contribution >= 0.6 is 0 Å². The minimum absolute atomic E-state index is 0.0364. The van der Waals surface area contributed by atoms with Crippen LogP contribution in [0.2, 0.25) is 0 Å². The second-order valence-electron chi connectivity index (χ2n) is 5.99. The number of carbonyl (C=O) groups excluding carboxylic acids is 1. The lowest BCUT2D eigenvalue weighted by Crippen LogP contribution is -2.27. The van der Waals surface area contributed by atoms with E-state index in [1.807, 2.05) is 60.3 Å². The number of aliphatic carboxylic acids is 1. The van der Waals surface area contributed by atoms with E-state index < -0.39 is 5.97 Å². The smallest absolute Gasteiger partial charge is 0.305 e. The van der Waals surface area contributed by atoms with Crippen molar-refractivity contribution >= 4 is 11.9 Å². The van der Waals surface area contributed by atoms with Gasteiger partial charge in [0.15, 0.2) is 0 Å². The zero-order valence-corrected chi connectivity index (χ0v) is 14.4. The molecule has 0 aliphatic carbocycles. The molecule has 26 heavy (non-hydrogen) atoms. The molecule has 1 atom stereocenters. The molecule has 3 rings (SSSR count). The van der Waals surface area contributed by atoms with Crippen molar-refractivity contribution < 1.29 is 14.7 Å². The molecule has 2 aromatic heterocycles. The van der Waals surface area contributed by atoms with Crippen molar-refractivity contribution in [2.24, 2.45) is 0 Å². The van der Waals surface area contributed by atoms with Crippen LogP contribution in [0.3, 0.4) is 0 Å². The maximum Gasteiger partial charge on any atom is 0.305 e. The van der Waals surface area contributed by atoms with Crippen molar-refractivity contribution in [2.75, 3.05) is 0 Å². The molecule has 1 aromatic carbocycles. The van der Waals surface area contributed by atoms with Gasteiger partial charge in [0.05, 0.1) is 19.0 Å². The van der Waals surface area contributed by atoms with Gasteiger partial charge in [-0.05, 0) is 42.8 Å². The zero-order valence-electron chi connectivity index (χ0n) is 14.4. The fraction of sp³-hybridized carbons (Fsp3) is 0.211. The molecule has 134 valence electrons. The Bertz CT molecular complexity index is 899. The van der Waals surface area contributed by atoms with E-state index in [9.17, 15) is 9.59 Å². The summed E-state index contributed by atoms with van der Waals surface area (Å²) in [5.41, 5.74) is 2.27. The first-order valence-corrected chi connectivity index (χ1v) is 8.32. The lowest BCUT2D eigenvalue weighted by atomic mass is 10.1. The molecule has 7 nitrogen and oxygen atoms in total. The minimum Gasteiger partial charge on any atom is -0.481 e. The van der Waals surface area contributed by atoms with Crippen LogP contribution in [0.1, 0.15) is 35.4 Å². The standard InChI is InChI=1S/C19H20N4O3/c1-14(15-5-4-6-16(13-15)22-9-2-3-10-22)20-19(26)17-7-11-23(21-17)12-8-18(24)25/h2-7,9-11,13-14H,8,12H2,1H3,(H,20,26)(H,24,25). The molecule has 2 N–H and O–H groups in total. The number of carboxylic acid groups (broad SMARTS) is 1. The number of carbonyl (C=O) groups is 2. The number of amides is 1. The number of rotatable bonds is 7. The minimum atomic E-state index is -0.900. The molecular formula is C19H20N4O3. The number of aromatic nitrogens is 3. The lowest BCUT2D eigenvalue weighted by Gasteiger charge is -2.15. The quantitative estimate of drug-likeness (QED) is 0.684. The maximum absolute atomic E-state index is 12.4. The van der Waals surface area contributed by atoms with Gasteiger partial charge in [0.25, 0.3) is 5.91 Å². The first kappa shape index (κ1) is 17.5. The molecule has 0 bridgehead atoms. The number of nitrogens with zero attached hydrogens (tertiary/aromatic N) is 3. The van der Waals surface area contributed by atoms with Gasteiger partial charge in [0.2, 0.25) is 0 Å². The molecule has 0 aliphatic rings. The summed E-state index contributed by atoms with van der Waals surface area (Å²) in [7, 11) is 0. The molecular weight excluding hydrogens is 332 g/mol. The van der Waals surface area contributed by atoms with Gasteiger partial charge < -0.3 is 15.0 Å². The summed E-state index contributed by atoms with van der Waals surface area (Å²) in [4.78, 5) is 23.0. The highest BCUT2D eigenvalue weighted by Crippen LogP contribution is 2.17. The number of benzene rings is 1. The Balaban J connectivity index is 1.66. The summed E-state index contributed by atoms with van der Waals surface area (Å²) in [6.07, 6.45) is 5.50. The number of hydrogen-bond acceptors (Lipinski definition) is 3. The summed E-state index contributed by atoms with van der Waals surface area (Å²) in [6.45, 7) is 2.14. The summed E-state index contributed by atoms with van der Waals surface area (Å²) in [6, 6.07) is 13.2. The average Bonchev–Trinajstić information content (AvgIpc) is 3.32. The van der Waals surface area contributed by atoms with E-state index >= 15 is 0 Å². The lowest BCUT2D eigenvalue weighted by molar-refractivity contribution is -0.137. The van der Waals surface area contributed by atoms with E-state index in [0.29, 0.717) is 0 Å². The number of nitrogens with one attached hydrogen (secondary N) is 1. The van der Waals surface area contributed by atoms with Crippen molar-refractivity contribution in [1.29, 1.82) is 0 Å². The van der Waals surface area contributed by atoms with Crippen molar-refractivity contribution in [3.8, 4) is 5.69 Å². The fourth-order valence-corrected chi connectivity index (χ4v) is 2.63. The molecule has 0 aliphatic heterocycles. The van der Waals surface area contributed by atoms with Gasteiger partial charge >= 0.3 is 5.97 Å². The summed E-state index contributed by atoms with van der Waals surface area (Å²) in [5.74, 6) is -1.19. The zero-order chi connectivity index (χ0) is 18.5. The van der Waals surface area contributed by atoms with Gasteiger partial charge in [-0.2, -0.15) is 5.10 Å². The largest absolute Gasteiger partial charge is 0.481 e. The van der Waals surface area contributed by atoms with E-state index in [1.165, 1.54) is 4.68 Å². The molecule has 1 amide bonds. The highest BCUT2D eigenvalue weighted by atomic mass is 16.4. The molecule has 0 radical (unpaired) electrons. The molecule has 0 spiro atoms. The topological polar surface area (TPSA) is 89.2 Å². The van der Waals surface area contributed by atoms with E-state index in [1.54, 1.807) is 12.3 Å². The Morgan fingerprint density at radius 3 is 2.65 bits per heavy atom. The molecule has 7 heteroatoms. The Kier molecular flexibility index (Phi) is 5.17. The number of aryl methyl sites for hydroxylation is 1. The van der Waals surface area contributed by atoms with Crippen LogP contribution in [-0.4, -0.2) is 31.3 Å². The van der Waals surface area contributed by atoms with Gasteiger partial charge in [0.1, 0.15) is 5.69 Å². The molecule has 0 saturated carbocycles. The summed E-state index contributed by atoms with van der Waals surface area (Å²) < 4.78 is 3.46. The Morgan fingerprint density at radius 2 is 1.92 bits per heavy atom. The van der Waals surface area contributed by atoms with Crippen LogP contribution in [0.25, 0.3) is 5.69 Å². The van der Waals surface area contributed by atoms with Crippen molar-refractivity contribution in [2.45, 2.75) is 25.9 Å². The van der Waals surface area contributed by atoms with E-state index in [0.717, 1.165) is 11.3 Å². The third kappa shape index (κ3) is 4.18. The van der Waals surface area contributed by atoms with Crippen molar-refractivity contribution in [3.63, 3.8) is 0 Å². The van der Waals surface area contributed by atoms with Gasteiger partial charge in [-0.15, -0.1) is 0 Å². The highest BCUT2D eigenvalue weighted by Gasteiger charge is 2.14. The van der Waals surface area contributed by atoms with Crippen LogP contribution in [-0.2, 0) is 11.3 Å². The van der Waals surface area contributed by atoms with E-state index in [4.69, 9.17) is 5.11 Å².